The van der Waals surface area contributed by atoms with Crippen LogP contribution in [-0.4, -0.2) is 52.9 Å². The summed E-state index contributed by atoms with van der Waals surface area (Å²) in [5.74, 6) is -0.641. The lowest BCUT2D eigenvalue weighted by molar-refractivity contribution is -0.183. The summed E-state index contributed by atoms with van der Waals surface area (Å²) in [5.41, 5.74) is 0.507. The Balaban J connectivity index is 1.74. The van der Waals surface area contributed by atoms with E-state index in [9.17, 15) is 4.79 Å². The topological polar surface area (TPSA) is 64.6 Å². The zero-order valence-electron chi connectivity index (χ0n) is 10.0. The van der Waals surface area contributed by atoms with Gasteiger partial charge < -0.3 is 14.4 Å². The number of hydrogen-bond donors (Lipinski definition) is 0. The van der Waals surface area contributed by atoms with Crippen LogP contribution in [0.15, 0.2) is 18.7 Å². The summed E-state index contributed by atoms with van der Waals surface area (Å²) in [4.78, 5) is 21.8. The van der Waals surface area contributed by atoms with E-state index < -0.39 is 5.79 Å². The number of rotatable bonds is 1. The van der Waals surface area contributed by atoms with Gasteiger partial charge in [0.2, 0.25) is 0 Å². The molecule has 1 amide bonds. The SMILES string of the molecule is O=C(c1cncnc1)N1CCCC2(C1)OCCO2. The Labute approximate surface area is 105 Å². The lowest BCUT2D eigenvalue weighted by Crippen LogP contribution is -2.51. The Morgan fingerprint density at radius 2 is 2.00 bits per heavy atom. The molecule has 96 valence electrons. The number of carbonyl (C=O) groups excluding carboxylic acids is 1. The van der Waals surface area contributed by atoms with Gasteiger partial charge in [0, 0.05) is 25.4 Å². The van der Waals surface area contributed by atoms with E-state index in [1.807, 2.05) is 0 Å². The maximum Gasteiger partial charge on any atom is 0.257 e. The molecule has 3 rings (SSSR count). The second-order valence-corrected chi connectivity index (χ2v) is 4.57. The van der Waals surface area contributed by atoms with E-state index >= 15 is 0 Å². The van der Waals surface area contributed by atoms with E-state index in [1.165, 1.54) is 18.7 Å². The molecule has 18 heavy (non-hydrogen) atoms. The molecular weight excluding hydrogens is 234 g/mol. The van der Waals surface area contributed by atoms with Crippen LogP contribution < -0.4 is 0 Å². The second-order valence-electron chi connectivity index (χ2n) is 4.57. The standard InChI is InChI=1S/C12H15N3O3/c16-11(10-6-13-9-14-7-10)15-3-1-2-12(8-15)17-4-5-18-12/h6-7,9H,1-5,8H2. The predicted molar refractivity (Wildman–Crippen MR) is 61.8 cm³/mol. The third-order valence-electron chi connectivity index (χ3n) is 3.33. The summed E-state index contributed by atoms with van der Waals surface area (Å²) in [6, 6.07) is 0. The number of ether oxygens (including phenoxy) is 2. The third kappa shape index (κ3) is 2.09. The number of nitrogens with zero attached hydrogens (tertiary/aromatic N) is 3. The molecule has 2 saturated heterocycles. The summed E-state index contributed by atoms with van der Waals surface area (Å²) < 4.78 is 11.3. The molecule has 0 bridgehead atoms. The van der Waals surface area contributed by atoms with E-state index in [2.05, 4.69) is 9.97 Å². The quantitative estimate of drug-likeness (QED) is 0.723. The summed E-state index contributed by atoms with van der Waals surface area (Å²) in [5, 5.41) is 0. The highest BCUT2D eigenvalue weighted by Crippen LogP contribution is 2.30. The van der Waals surface area contributed by atoms with E-state index in [0.717, 1.165) is 19.4 Å². The highest BCUT2D eigenvalue weighted by molar-refractivity contribution is 5.93. The fourth-order valence-electron chi connectivity index (χ4n) is 2.49. The molecule has 2 aliphatic heterocycles. The highest BCUT2D eigenvalue weighted by atomic mass is 16.7. The van der Waals surface area contributed by atoms with Gasteiger partial charge in [-0.25, -0.2) is 9.97 Å². The van der Waals surface area contributed by atoms with Gasteiger partial charge in [-0.3, -0.25) is 4.79 Å². The van der Waals surface area contributed by atoms with Gasteiger partial charge in [-0.05, 0) is 6.42 Å². The molecule has 0 unspecified atom stereocenters. The average Bonchev–Trinajstić information content (AvgIpc) is 2.87. The summed E-state index contributed by atoms with van der Waals surface area (Å²) in [6.07, 6.45) is 6.22. The first kappa shape index (κ1) is 11.6. The lowest BCUT2D eigenvalue weighted by atomic mass is 10.0. The molecule has 1 aromatic heterocycles. The molecule has 6 nitrogen and oxygen atoms in total. The number of piperidine rings is 1. The number of likely N-dealkylation sites (tertiary alicyclic amines) is 1. The first-order valence-electron chi connectivity index (χ1n) is 6.11. The molecule has 0 aromatic carbocycles. The first-order valence-corrected chi connectivity index (χ1v) is 6.11. The van der Waals surface area contributed by atoms with Crippen LogP contribution in [0.3, 0.4) is 0 Å². The molecule has 6 heteroatoms. The van der Waals surface area contributed by atoms with Crippen molar-refractivity contribution in [2.45, 2.75) is 18.6 Å². The van der Waals surface area contributed by atoms with E-state index in [1.54, 1.807) is 4.90 Å². The van der Waals surface area contributed by atoms with E-state index in [4.69, 9.17) is 9.47 Å². The van der Waals surface area contributed by atoms with Crippen molar-refractivity contribution < 1.29 is 14.3 Å². The predicted octanol–water partition coefficient (Wildman–Crippen LogP) is 0.456. The van der Waals surface area contributed by atoms with Crippen LogP contribution in [0.4, 0.5) is 0 Å². The normalized spacial score (nSPS) is 22.3. The van der Waals surface area contributed by atoms with Gasteiger partial charge in [-0.15, -0.1) is 0 Å². The minimum Gasteiger partial charge on any atom is -0.346 e. The molecule has 3 heterocycles. The molecular formula is C12H15N3O3. The molecule has 1 spiro atoms. The molecule has 0 aliphatic carbocycles. The van der Waals surface area contributed by atoms with Crippen LogP contribution in [0.2, 0.25) is 0 Å². The van der Waals surface area contributed by atoms with Crippen LogP contribution in [0, 0.1) is 0 Å². The monoisotopic (exact) mass is 249 g/mol. The summed E-state index contributed by atoms with van der Waals surface area (Å²) in [6.45, 7) is 2.43. The largest absolute Gasteiger partial charge is 0.346 e. The van der Waals surface area contributed by atoms with E-state index in [0.29, 0.717) is 25.3 Å². The van der Waals surface area contributed by atoms with Crippen LogP contribution in [0.25, 0.3) is 0 Å². The van der Waals surface area contributed by atoms with Crippen molar-refractivity contribution in [1.82, 2.24) is 14.9 Å². The zero-order valence-corrected chi connectivity index (χ0v) is 10.0. The number of hydrogen-bond acceptors (Lipinski definition) is 5. The minimum atomic E-state index is -0.580. The van der Waals surface area contributed by atoms with Crippen LogP contribution in [-0.2, 0) is 9.47 Å². The Morgan fingerprint density at radius 1 is 1.28 bits per heavy atom. The molecule has 0 N–H and O–H groups in total. The van der Waals surface area contributed by atoms with Gasteiger partial charge in [0.05, 0.1) is 25.3 Å². The number of aromatic nitrogens is 2. The van der Waals surface area contributed by atoms with Gasteiger partial charge in [-0.1, -0.05) is 0 Å². The minimum absolute atomic E-state index is 0.0613. The average molecular weight is 249 g/mol. The Morgan fingerprint density at radius 3 is 2.72 bits per heavy atom. The molecule has 0 atom stereocenters. The van der Waals surface area contributed by atoms with Crippen molar-refractivity contribution in [3.05, 3.63) is 24.3 Å². The van der Waals surface area contributed by atoms with E-state index in [-0.39, 0.29) is 5.91 Å². The maximum absolute atomic E-state index is 12.3. The molecule has 2 aliphatic rings. The molecule has 0 saturated carbocycles. The van der Waals surface area contributed by atoms with Gasteiger partial charge in [0.1, 0.15) is 6.33 Å². The van der Waals surface area contributed by atoms with Gasteiger partial charge >= 0.3 is 0 Å². The highest BCUT2D eigenvalue weighted by Gasteiger charge is 2.42. The number of carbonyl (C=O) groups is 1. The second kappa shape index (κ2) is 4.62. The van der Waals surface area contributed by atoms with Crippen LogP contribution in [0.5, 0.6) is 0 Å². The Bertz CT molecular complexity index is 431. The van der Waals surface area contributed by atoms with Gasteiger partial charge in [0.25, 0.3) is 5.91 Å². The Kier molecular flexibility index (Phi) is 2.97. The van der Waals surface area contributed by atoms with Crippen molar-refractivity contribution in [2.24, 2.45) is 0 Å². The van der Waals surface area contributed by atoms with Crippen LogP contribution in [0.1, 0.15) is 23.2 Å². The lowest BCUT2D eigenvalue weighted by Gasteiger charge is -2.38. The van der Waals surface area contributed by atoms with Crippen molar-refractivity contribution in [2.75, 3.05) is 26.3 Å². The van der Waals surface area contributed by atoms with Gasteiger partial charge in [-0.2, -0.15) is 0 Å². The van der Waals surface area contributed by atoms with Crippen LogP contribution >= 0.6 is 0 Å². The molecule has 0 radical (unpaired) electrons. The summed E-state index contributed by atoms with van der Waals surface area (Å²) in [7, 11) is 0. The summed E-state index contributed by atoms with van der Waals surface area (Å²) >= 11 is 0. The van der Waals surface area contributed by atoms with Gasteiger partial charge in [0.15, 0.2) is 5.79 Å². The maximum atomic E-state index is 12.3. The Hall–Kier alpha value is -1.53. The fraction of sp³-hybridized carbons (Fsp3) is 0.583. The first-order chi connectivity index (χ1) is 8.79. The van der Waals surface area contributed by atoms with Crippen molar-refractivity contribution in [3.63, 3.8) is 0 Å². The molecule has 1 aromatic rings. The number of amides is 1. The van der Waals surface area contributed by atoms with Crippen molar-refractivity contribution in [3.8, 4) is 0 Å². The zero-order chi connectivity index (χ0) is 12.4. The van der Waals surface area contributed by atoms with Crippen molar-refractivity contribution in [1.29, 1.82) is 0 Å². The third-order valence-corrected chi connectivity index (χ3v) is 3.33. The smallest absolute Gasteiger partial charge is 0.257 e. The fourth-order valence-corrected chi connectivity index (χ4v) is 2.49. The van der Waals surface area contributed by atoms with Crippen molar-refractivity contribution >= 4 is 5.91 Å². The molecule has 2 fully saturated rings.